The lowest BCUT2D eigenvalue weighted by Gasteiger charge is -2.11. The quantitative estimate of drug-likeness (QED) is 0.449. The Balaban J connectivity index is 2.18. The number of nitro groups is 1. The van der Waals surface area contributed by atoms with Gasteiger partial charge in [0.2, 0.25) is 0 Å². The Morgan fingerprint density at radius 3 is 2.50 bits per heavy atom. The molecule has 0 unspecified atom stereocenters. The molecule has 0 saturated carbocycles. The molecule has 2 rings (SSSR count). The third-order valence-corrected chi connectivity index (χ3v) is 3.89. The lowest BCUT2D eigenvalue weighted by Crippen LogP contribution is -2.26. The van der Waals surface area contributed by atoms with Gasteiger partial charge in [0.15, 0.2) is 0 Å². The molecule has 2 aromatic carbocycles. The van der Waals surface area contributed by atoms with E-state index in [9.17, 15) is 19.7 Å². The first-order valence-electron chi connectivity index (χ1n) is 8.37. The van der Waals surface area contributed by atoms with Gasteiger partial charge in [-0.2, -0.15) is 0 Å². The van der Waals surface area contributed by atoms with E-state index in [1.165, 1.54) is 18.2 Å². The van der Waals surface area contributed by atoms with Crippen LogP contribution >= 0.6 is 0 Å². The van der Waals surface area contributed by atoms with Crippen LogP contribution in [0, 0.1) is 17.0 Å². The summed E-state index contributed by atoms with van der Waals surface area (Å²) in [4.78, 5) is 35.2. The Kier molecular flexibility index (Phi) is 6.43. The van der Waals surface area contributed by atoms with E-state index in [4.69, 9.17) is 0 Å². The highest BCUT2D eigenvalue weighted by Gasteiger charge is 2.16. The second-order valence-corrected chi connectivity index (χ2v) is 5.87. The molecule has 0 heterocycles. The number of hydrogen-bond donors (Lipinski definition) is 2. The lowest BCUT2D eigenvalue weighted by molar-refractivity contribution is -0.385. The fourth-order valence-corrected chi connectivity index (χ4v) is 2.46. The smallest absolute Gasteiger partial charge is 0.272 e. The summed E-state index contributed by atoms with van der Waals surface area (Å²) in [6.45, 7) is 4.18. The molecule has 2 aromatic rings. The van der Waals surface area contributed by atoms with Crippen LogP contribution in [0.25, 0.3) is 0 Å². The average molecular weight is 355 g/mol. The van der Waals surface area contributed by atoms with E-state index in [0.717, 1.165) is 12.8 Å². The molecule has 0 aromatic heterocycles. The van der Waals surface area contributed by atoms with Crippen molar-refractivity contribution in [2.45, 2.75) is 26.7 Å². The van der Waals surface area contributed by atoms with E-state index >= 15 is 0 Å². The number of amides is 2. The van der Waals surface area contributed by atoms with Crippen LogP contribution in [0.2, 0.25) is 0 Å². The molecule has 7 heteroatoms. The number of benzene rings is 2. The van der Waals surface area contributed by atoms with Crippen molar-refractivity contribution in [1.29, 1.82) is 0 Å². The Morgan fingerprint density at radius 2 is 1.85 bits per heavy atom. The summed E-state index contributed by atoms with van der Waals surface area (Å²) in [6.07, 6.45) is 1.85. The fourth-order valence-electron chi connectivity index (χ4n) is 2.46. The zero-order valence-electron chi connectivity index (χ0n) is 14.7. The van der Waals surface area contributed by atoms with Crippen molar-refractivity contribution < 1.29 is 14.5 Å². The maximum atomic E-state index is 12.5. The number of rotatable bonds is 7. The molecule has 7 nitrogen and oxygen atoms in total. The molecule has 0 saturated heterocycles. The molecule has 0 bridgehead atoms. The van der Waals surface area contributed by atoms with E-state index in [1.807, 2.05) is 6.92 Å². The second-order valence-electron chi connectivity index (χ2n) is 5.87. The molecule has 0 radical (unpaired) electrons. The minimum absolute atomic E-state index is 0.0442. The van der Waals surface area contributed by atoms with Gasteiger partial charge < -0.3 is 10.6 Å². The van der Waals surface area contributed by atoms with Crippen LogP contribution in [-0.4, -0.2) is 23.3 Å². The van der Waals surface area contributed by atoms with Gasteiger partial charge in [-0.1, -0.05) is 25.5 Å². The second kappa shape index (κ2) is 8.75. The molecule has 136 valence electrons. The topological polar surface area (TPSA) is 101 Å². The largest absolute Gasteiger partial charge is 0.352 e. The number of aryl methyl sites for hydroxylation is 1. The molecule has 0 fully saturated rings. The number of carbonyl (C=O) groups is 2. The number of carbonyl (C=O) groups excluding carboxylic acids is 2. The van der Waals surface area contributed by atoms with Crippen LogP contribution in [0.15, 0.2) is 42.5 Å². The van der Waals surface area contributed by atoms with Gasteiger partial charge in [-0.05, 0) is 37.6 Å². The maximum Gasteiger partial charge on any atom is 0.272 e. The molecule has 0 spiro atoms. The minimum Gasteiger partial charge on any atom is -0.352 e. The summed E-state index contributed by atoms with van der Waals surface area (Å²) >= 11 is 0. The van der Waals surface area contributed by atoms with Gasteiger partial charge in [0.25, 0.3) is 17.5 Å². The average Bonchev–Trinajstić information content (AvgIpc) is 2.61. The number of nitrogens with one attached hydrogen (secondary N) is 2. The van der Waals surface area contributed by atoms with E-state index in [-0.39, 0.29) is 17.2 Å². The van der Waals surface area contributed by atoms with Crippen LogP contribution in [0.5, 0.6) is 0 Å². The van der Waals surface area contributed by atoms with Gasteiger partial charge in [-0.25, -0.2) is 0 Å². The van der Waals surface area contributed by atoms with E-state index in [0.29, 0.717) is 23.4 Å². The standard InChI is InChI=1S/C19H21N3O4/c1-3-4-11-20-19(24)15-7-5-6-8-16(15)21-18(23)14-9-10-17(22(25)26)13(2)12-14/h5-10,12H,3-4,11H2,1-2H3,(H,20,24)(H,21,23). The number of nitro benzene ring substituents is 1. The molecule has 0 aliphatic rings. The van der Waals surface area contributed by atoms with Crippen molar-refractivity contribution in [1.82, 2.24) is 5.32 Å². The third kappa shape index (κ3) is 4.66. The van der Waals surface area contributed by atoms with Crippen molar-refractivity contribution in [3.8, 4) is 0 Å². The highest BCUT2D eigenvalue weighted by atomic mass is 16.6. The molecular formula is C19H21N3O4. The summed E-state index contributed by atoms with van der Waals surface area (Å²) in [6, 6.07) is 10.9. The summed E-state index contributed by atoms with van der Waals surface area (Å²) in [5, 5.41) is 16.4. The number of anilines is 1. The molecular weight excluding hydrogens is 334 g/mol. The monoisotopic (exact) mass is 355 g/mol. The lowest BCUT2D eigenvalue weighted by atomic mass is 10.1. The highest BCUT2D eigenvalue weighted by Crippen LogP contribution is 2.21. The van der Waals surface area contributed by atoms with Crippen LogP contribution in [0.3, 0.4) is 0 Å². The summed E-state index contributed by atoms with van der Waals surface area (Å²) in [5.74, 6) is -0.689. The number of para-hydroxylation sites is 1. The summed E-state index contributed by atoms with van der Waals surface area (Å²) in [7, 11) is 0. The van der Waals surface area contributed by atoms with Crippen molar-refractivity contribution in [3.63, 3.8) is 0 Å². The Hall–Kier alpha value is -3.22. The predicted molar refractivity (Wildman–Crippen MR) is 99.5 cm³/mol. The third-order valence-electron chi connectivity index (χ3n) is 3.89. The van der Waals surface area contributed by atoms with E-state index in [2.05, 4.69) is 10.6 Å². The first-order chi connectivity index (χ1) is 12.4. The van der Waals surface area contributed by atoms with Gasteiger partial charge in [0, 0.05) is 23.7 Å². The van der Waals surface area contributed by atoms with Gasteiger partial charge in [-0.3, -0.25) is 19.7 Å². The van der Waals surface area contributed by atoms with E-state index < -0.39 is 10.8 Å². The van der Waals surface area contributed by atoms with Crippen molar-refractivity contribution >= 4 is 23.2 Å². The van der Waals surface area contributed by atoms with Crippen LogP contribution in [0.1, 0.15) is 46.0 Å². The van der Waals surface area contributed by atoms with E-state index in [1.54, 1.807) is 31.2 Å². The molecule has 0 atom stereocenters. The van der Waals surface area contributed by atoms with Crippen molar-refractivity contribution in [3.05, 3.63) is 69.3 Å². The Bertz CT molecular complexity index is 833. The fraction of sp³-hybridized carbons (Fsp3) is 0.263. The Morgan fingerprint density at radius 1 is 1.12 bits per heavy atom. The molecule has 2 amide bonds. The number of nitrogens with zero attached hydrogens (tertiary/aromatic N) is 1. The summed E-state index contributed by atoms with van der Waals surface area (Å²) < 4.78 is 0. The molecule has 26 heavy (non-hydrogen) atoms. The minimum atomic E-state index is -0.493. The highest BCUT2D eigenvalue weighted by molar-refractivity contribution is 6.09. The van der Waals surface area contributed by atoms with Gasteiger partial charge in [0.1, 0.15) is 0 Å². The predicted octanol–water partition coefficient (Wildman–Crippen LogP) is 3.69. The van der Waals surface area contributed by atoms with Crippen LogP contribution < -0.4 is 10.6 Å². The first-order valence-corrected chi connectivity index (χ1v) is 8.37. The number of unbranched alkanes of at least 4 members (excludes halogenated alkanes) is 1. The van der Waals surface area contributed by atoms with Gasteiger partial charge in [-0.15, -0.1) is 0 Å². The van der Waals surface area contributed by atoms with Gasteiger partial charge >= 0.3 is 0 Å². The zero-order valence-corrected chi connectivity index (χ0v) is 14.7. The molecule has 0 aliphatic heterocycles. The summed E-state index contributed by atoms with van der Waals surface area (Å²) in [5.41, 5.74) is 1.40. The van der Waals surface area contributed by atoms with Crippen LogP contribution in [-0.2, 0) is 0 Å². The molecule has 0 aliphatic carbocycles. The number of hydrogen-bond acceptors (Lipinski definition) is 4. The Labute approximate surface area is 151 Å². The van der Waals surface area contributed by atoms with Crippen molar-refractivity contribution in [2.24, 2.45) is 0 Å². The SMILES string of the molecule is CCCCNC(=O)c1ccccc1NC(=O)c1ccc([N+](=O)[O-])c(C)c1. The van der Waals surface area contributed by atoms with Crippen LogP contribution in [0.4, 0.5) is 11.4 Å². The first kappa shape index (κ1) is 19.1. The maximum absolute atomic E-state index is 12.5. The molecule has 2 N–H and O–H groups in total. The van der Waals surface area contributed by atoms with Crippen molar-refractivity contribution in [2.75, 3.05) is 11.9 Å². The normalized spacial score (nSPS) is 10.2. The van der Waals surface area contributed by atoms with Gasteiger partial charge in [0.05, 0.1) is 16.2 Å². The zero-order chi connectivity index (χ0) is 19.1.